The second kappa shape index (κ2) is 69.8. The Morgan fingerprint density at radius 1 is 0.350 bits per heavy atom. The molecule has 0 bridgehead atoms. The van der Waals surface area contributed by atoms with Crippen molar-refractivity contribution in [3.63, 3.8) is 0 Å². The van der Waals surface area contributed by atoms with Crippen LogP contribution in [0, 0.1) is 0 Å². The zero-order valence-electron chi connectivity index (χ0n) is 54.3. The first-order valence-electron chi connectivity index (χ1n) is 36.6. The van der Waals surface area contributed by atoms with E-state index in [1.54, 1.807) is 0 Å². The third kappa shape index (κ3) is 65.5. The number of hydrogen-bond donors (Lipinski definition) is 3. The minimum absolute atomic E-state index is 0.0125. The van der Waals surface area contributed by atoms with Crippen molar-refractivity contribution < 1.29 is 24.5 Å². The van der Waals surface area contributed by atoms with Crippen LogP contribution in [0.5, 0.6) is 0 Å². The normalized spacial score (nSPS) is 12.6. The van der Waals surface area contributed by atoms with E-state index in [1.807, 2.05) is 0 Å². The highest BCUT2D eigenvalue weighted by Gasteiger charge is 2.20. The van der Waals surface area contributed by atoms with Crippen molar-refractivity contribution in [1.82, 2.24) is 5.32 Å². The average Bonchev–Trinajstić information content (AvgIpc) is 3.46. The number of aliphatic hydroxyl groups is 2. The maximum Gasteiger partial charge on any atom is 0.305 e. The third-order valence-corrected chi connectivity index (χ3v) is 17.3. The van der Waals surface area contributed by atoms with Crippen molar-refractivity contribution >= 4 is 11.9 Å². The van der Waals surface area contributed by atoms with Gasteiger partial charge in [-0.05, 0) is 57.8 Å². The van der Waals surface area contributed by atoms with Gasteiger partial charge in [0.15, 0.2) is 0 Å². The SMILES string of the molecule is CCCCCCCCCCCCCCCCCCCCCCCCC(O)C(CO)NC(=O)CCCCCCCCC/C=C\C/C=C\CCCCCCCCCCCOC(=O)CCCCCCCCCCCCCCCCCCCC. The van der Waals surface area contributed by atoms with Crippen LogP contribution >= 0.6 is 0 Å². The average molecular weight is 1130 g/mol. The summed E-state index contributed by atoms with van der Waals surface area (Å²) in [6.07, 6.45) is 88.0. The van der Waals surface area contributed by atoms with Crippen molar-refractivity contribution in [3.05, 3.63) is 24.3 Å². The van der Waals surface area contributed by atoms with Crippen LogP contribution in [0.4, 0.5) is 0 Å². The van der Waals surface area contributed by atoms with E-state index in [4.69, 9.17) is 4.74 Å². The van der Waals surface area contributed by atoms with Crippen LogP contribution < -0.4 is 5.32 Å². The van der Waals surface area contributed by atoms with Crippen LogP contribution in [0.3, 0.4) is 0 Å². The molecule has 3 N–H and O–H groups in total. The molecule has 1 amide bonds. The monoisotopic (exact) mass is 1130 g/mol. The van der Waals surface area contributed by atoms with E-state index < -0.39 is 12.1 Å². The molecular weight excluding hydrogens is 983 g/mol. The van der Waals surface area contributed by atoms with Crippen molar-refractivity contribution in [1.29, 1.82) is 0 Å². The van der Waals surface area contributed by atoms with E-state index in [0.717, 1.165) is 44.9 Å². The Balaban J connectivity index is 3.42. The number of carbonyl (C=O) groups excluding carboxylic acids is 2. The molecule has 0 aliphatic carbocycles. The van der Waals surface area contributed by atoms with Gasteiger partial charge >= 0.3 is 5.97 Å². The van der Waals surface area contributed by atoms with Gasteiger partial charge in [-0.2, -0.15) is 0 Å². The molecule has 0 saturated heterocycles. The summed E-state index contributed by atoms with van der Waals surface area (Å²) in [5.41, 5.74) is 0. The van der Waals surface area contributed by atoms with Gasteiger partial charge in [0.25, 0.3) is 0 Å². The minimum Gasteiger partial charge on any atom is -0.466 e. The van der Waals surface area contributed by atoms with E-state index in [-0.39, 0.29) is 18.5 Å². The van der Waals surface area contributed by atoms with Gasteiger partial charge in [0.05, 0.1) is 25.4 Å². The molecule has 0 aliphatic heterocycles. The largest absolute Gasteiger partial charge is 0.466 e. The van der Waals surface area contributed by atoms with E-state index in [1.165, 1.54) is 334 Å². The first-order valence-corrected chi connectivity index (χ1v) is 36.6. The van der Waals surface area contributed by atoms with Crippen molar-refractivity contribution in [2.24, 2.45) is 0 Å². The zero-order valence-corrected chi connectivity index (χ0v) is 54.3. The Kier molecular flexibility index (Phi) is 68.4. The number of unbranched alkanes of at least 4 members (excludes halogenated alkanes) is 54. The first kappa shape index (κ1) is 78.3. The molecule has 0 radical (unpaired) electrons. The fourth-order valence-corrected chi connectivity index (χ4v) is 11.7. The zero-order chi connectivity index (χ0) is 57.8. The van der Waals surface area contributed by atoms with Crippen LogP contribution in [-0.4, -0.2) is 47.4 Å². The highest BCUT2D eigenvalue weighted by atomic mass is 16.5. The van der Waals surface area contributed by atoms with Crippen LogP contribution in [0.15, 0.2) is 24.3 Å². The number of ether oxygens (including phenoxy) is 1. The highest BCUT2D eigenvalue weighted by Crippen LogP contribution is 2.19. The summed E-state index contributed by atoms with van der Waals surface area (Å²) >= 11 is 0. The van der Waals surface area contributed by atoms with E-state index in [9.17, 15) is 19.8 Å². The summed E-state index contributed by atoms with van der Waals surface area (Å²) in [6.45, 7) is 4.99. The van der Waals surface area contributed by atoms with Crippen molar-refractivity contribution in [2.45, 2.75) is 424 Å². The lowest BCUT2D eigenvalue weighted by atomic mass is 10.0. The fraction of sp³-hybridized carbons (Fsp3) is 0.919. The summed E-state index contributed by atoms with van der Waals surface area (Å²) in [7, 11) is 0. The minimum atomic E-state index is -0.672. The Hall–Kier alpha value is -1.66. The molecule has 2 atom stereocenters. The molecule has 474 valence electrons. The molecule has 80 heavy (non-hydrogen) atoms. The smallest absolute Gasteiger partial charge is 0.305 e. The Morgan fingerprint density at radius 3 is 0.950 bits per heavy atom. The van der Waals surface area contributed by atoms with E-state index >= 15 is 0 Å². The quantitative estimate of drug-likeness (QED) is 0.0320. The van der Waals surface area contributed by atoms with Gasteiger partial charge in [-0.15, -0.1) is 0 Å². The van der Waals surface area contributed by atoms with Gasteiger partial charge in [-0.3, -0.25) is 9.59 Å². The molecule has 0 fully saturated rings. The first-order chi connectivity index (χ1) is 39.5. The van der Waals surface area contributed by atoms with Crippen molar-refractivity contribution in [3.8, 4) is 0 Å². The van der Waals surface area contributed by atoms with E-state index in [2.05, 4.69) is 43.5 Å². The topological polar surface area (TPSA) is 95.9 Å². The third-order valence-electron chi connectivity index (χ3n) is 17.3. The van der Waals surface area contributed by atoms with Crippen LogP contribution in [0.1, 0.15) is 412 Å². The number of rotatable bonds is 69. The van der Waals surface area contributed by atoms with Gasteiger partial charge in [-0.25, -0.2) is 0 Å². The summed E-state index contributed by atoms with van der Waals surface area (Å²) in [5.74, 6) is -0.0283. The molecule has 6 heteroatoms. The molecule has 0 aromatic heterocycles. The molecule has 0 saturated carbocycles. The standard InChI is InChI=1S/C74H143NO5/c1-3-5-7-9-11-13-15-17-19-21-23-24-28-31-34-38-42-46-50-54-58-62-66-72(77)71(70-76)75-73(78)67-63-59-55-51-47-43-39-35-32-29-26-25-27-30-33-37-41-45-49-53-57-61-65-69-80-74(79)68-64-60-56-52-48-44-40-36-22-20-18-16-14-12-10-8-6-4-2/h25,27,29,32,71-72,76-77H,3-24,26,28,30-31,33-70H2,1-2H3,(H,75,78)/b27-25-,32-29-. The predicted octanol–water partition coefficient (Wildman–Crippen LogP) is 23.7. The number of allylic oxidation sites excluding steroid dienone is 4. The highest BCUT2D eigenvalue weighted by molar-refractivity contribution is 5.76. The van der Waals surface area contributed by atoms with Crippen LogP contribution in [-0.2, 0) is 14.3 Å². The predicted molar refractivity (Wildman–Crippen MR) is 352 cm³/mol. The molecule has 0 rings (SSSR count). The molecule has 0 spiro atoms. The number of amides is 1. The molecular formula is C74H143NO5. The van der Waals surface area contributed by atoms with Crippen molar-refractivity contribution in [2.75, 3.05) is 13.2 Å². The van der Waals surface area contributed by atoms with Gasteiger partial charge in [-0.1, -0.05) is 366 Å². The lowest BCUT2D eigenvalue weighted by Crippen LogP contribution is -2.45. The summed E-state index contributed by atoms with van der Waals surface area (Å²) in [5, 5.41) is 23.4. The summed E-state index contributed by atoms with van der Waals surface area (Å²) in [6, 6.07) is -0.550. The second-order valence-corrected chi connectivity index (χ2v) is 25.3. The lowest BCUT2D eigenvalue weighted by molar-refractivity contribution is -0.143. The van der Waals surface area contributed by atoms with Gasteiger partial charge < -0.3 is 20.3 Å². The Bertz CT molecular complexity index is 1250. The molecule has 2 unspecified atom stereocenters. The molecule has 6 nitrogen and oxygen atoms in total. The van der Waals surface area contributed by atoms with Gasteiger partial charge in [0, 0.05) is 12.8 Å². The Morgan fingerprint density at radius 2 is 0.625 bits per heavy atom. The van der Waals surface area contributed by atoms with Gasteiger partial charge in [0.2, 0.25) is 5.91 Å². The molecule has 0 aromatic rings. The summed E-state index contributed by atoms with van der Waals surface area (Å²) in [4.78, 5) is 24.7. The maximum absolute atomic E-state index is 12.5. The maximum atomic E-state index is 12.5. The van der Waals surface area contributed by atoms with E-state index in [0.29, 0.717) is 25.9 Å². The lowest BCUT2D eigenvalue weighted by Gasteiger charge is -2.22. The molecule has 0 aliphatic rings. The number of esters is 1. The fourth-order valence-electron chi connectivity index (χ4n) is 11.7. The van der Waals surface area contributed by atoms with Gasteiger partial charge in [0.1, 0.15) is 0 Å². The van der Waals surface area contributed by atoms with Crippen LogP contribution in [0.25, 0.3) is 0 Å². The summed E-state index contributed by atoms with van der Waals surface area (Å²) < 4.78 is 5.50. The number of hydrogen-bond acceptors (Lipinski definition) is 5. The molecule has 0 aromatic carbocycles. The molecule has 0 heterocycles. The number of aliphatic hydroxyl groups excluding tert-OH is 2. The second-order valence-electron chi connectivity index (χ2n) is 25.3. The number of carbonyl (C=O) groups is 2. The van der Waals surface area contributed by atoms with Crippen LogP contribution in [0.2, 0.25) is 0 Å². The Labute approximate surface area is 501 Å². The number of nitrogens with one attached hydrogen (secondary N) is 1.